The first kappa shape index (κ1) is 17.1. The standard InChI is InChI=1S/C17H30N2O3/c1-17(2,3)22-16(21)18-14-9-8-13(10-14)15(20)19(4)11-12-6-5-7-12/h12-14H,5-11H2,1-4H3,(H,18,21)/t13-,14-/m1/s1. The van der Waals surface area contributed by atoms with Gasteiger partial charge < -0.3 is 15.0 Å². The zero-order valence-electron chi connectivity index (χ0n) is 14.4. The fourth-order valence-corrected chi connectivity index (χ4v) is 3.28. The van der Waals surface area contributed by atoms with Crippen LogP contribution >= 0.6 is 0 Å². The number of carbonyl (C=O) groups is 2. The SMILES string of the molecule is CN(CC1CCC1)C(=O)[C@@H]1CC[C@@H](NC(=O)OC(C)(C)C)C1. The monoisotopic (exact) mass is 310 g/mol. The number of hydrogen-bond acceptors (Lipinski definition) is 3. The molecule has 0 radical (unpaired) electrons. The zero-order valence-corrected chi connectivity index (χ0v) is 14.4. The van der Waals surface area contributed by atoms with Crippen molar-refractivity contribution in [3.05, 3.63) is 0 Å². The third-order valence-corrected chi connectivity index (χ3v) is 4.64. The molecule has 0 bridgehead atoms. The highest BCUT2D eigenvalue weighted by Gasteiger charge is 2.34. The summed E-state index contributed by atoms with van der Waals surface area (Å²) in [4.78, 5) is 26.1. The average Bonchev–Trinajstić information content (AvgIpc) is 2.78. The van der Waals surface area contributed by atoms with Gasteiger partial charge in [0.25, 0.3) is 0 Å². The van der Waals surface area contributed by atoms with E-state index >= 15 is 0 Å². The quantitative estimate of drug-likeness (QED) is 0.868. The molecule has 2 aliphatic rings. The van der Waals surface area contributed by atoms with E-state index in [2.05, 4.69) is 5.32 Å². The number of rotatable bonds is 4. The van der Waals surface area contributed by atoms with E-state index in [1.165, 1.54) is 19.3 Å². The number of alkyl carbamates (subject to hydrolysis) is 1. The van der Waals surface area contributed by atoms with E-state index < -0.39 is 5.60 Å². The lowest BCUT2D eigenvalue weighted by Gasteiger charge is -2.31. The van der Waals surface area contributed by atoms with Crippen molar-refractivity contribution >= 4 is 12.0 Å². The number of carbonyl (C=O) groups excluding carboxylic acids is 2. The molecule has 1 N–H and O–H groups in total. The van der Waals surface area contributed by atoms with E-state index in [1.807, 2.05) is 32.7 Å². The van der Waals surface area contributed by atoms with Crippen molar-refractivity contribution in [2.24, 2.45) is 11.8 Å². The predicted molar refractivity (Wildman–Crippen MR) is 85.5 cm³/mol. The van der Waals surface area contributed by atoms with Crippen molar-refractivity contribution < 1.29 is 14.3 Å². The van der Waals surface area contributed by atoms with Crippen LogP contribution in [0.5, 0.6) is 0 Å². The van der Waals surface area contributed by atoms with Crippen molar-refractivity contribution in [3.8, 4) is 0 Å². The van der Waals surface area contributed by atoms with Gasteiger partial charge in [-0.25, -0.2) is 4.79 Å². The summed E-state index contributed by atoms with van der Waals surface area (Å²) in [6.07, 6.45) is 5.87. The van der Waals surface area contributed by atoms with E-state index in [9.17, 15) is 9.59 Å². The van der Waals surface area contributed by atoms with Crippen LogP contribution < -0.4 is 5.32 Å². The maximum atomic E-state index is 12.5. The molecule has 2 fully saturated rings. The second-order valence-electron chi connectivity index (χ2n) is 7.87. The molecule has 2 rings (SSSR count). The maximum Gasteiger partial charge on any atom is 0.407 e. The average molecular weight is 310 g/mol. The molecular weight excluding hydrogens is 280 g/mol. The minimum atomic E-state index is -0.485. The van der Waals surface area contributed by atoms with Gasteiger partial charge in [0.1, 0.15) is 5.60 Å². The Kier molecular flexibility index (Phi) is 5.35. The lowest BCUT2D eigenvalue weighted by atomic mass is 9.85. The Labute approximate surface area is 133 Å². The van der Waals surface area contributed by atoms with Gasteiger partial charge in [-0.3, -0.25) is 4.79 Å². The summed E-state index contributed by atoms with van der Waals surface area (Å²) >= 11 is 0. The van der Waals surface area contributed by atoms with E-state index in [0.29, 0.717) is 5.92 Å². The molecule has 0 aliphatic heterocycles. The van der Waals surface area contributed by atoms with Crippen LogP contribution in [0.3, 0.4) is 0 Å². The Morgan fingerprint density at radius 2 is 1.86 bits per heavy atom. The second kappa shape index (κ2) is 6.88. The molecule has 0 saturated heterocycles. The third kappa shape index (κ3) is 4.89. The Balaban J connectivity index is 1.74. The Morgan fingerprint density at radius 1 is 1.18 bits per heavy atom. The van der Waals surface area contributed by atoms with Gasteiger partial charge in [-0.1, -0.05) is 6.42 Å². The molecule has 0 unspecified atom stereocenters. The molecule has 0 aromatic carbocycles. The smallest absolute Gasteiger partial charge is 0.407 e. The molecule has 2 aliphatic carbocycles. The molecule has 0 aromatic heterocycles. The first-order chi connectivity index (χ1) is 10.2. The van der Waals surface area contributed by atoms with Gasteiger partial charge in [0, 0.05) is 25.6 Å². The van der Waals surface area contributed by atoms with Crippen LogP contribution in [0.1, 0.15) is 59.3 Å². The Hall–Kier alpha value is -1.26. The normalized spacial score (nSPS) is 25.5. The van der Waals surface area contributed by atoms with Crippen molar-refractivity contribution in [1.29, 1.82) is 0 Å². The Bertz CT molecular complexity index is 413. The van der Waals surface area contributed by atoms with Gasteiger partial charge in [-0.2, -0.15) is 0 Å². The van der Waals surface area contributed by atoms with Gasteiger partial charge >= 0.3 is 6.09 Å². The summed E-state index contributed by atoms with van der Waals surface area (Å²) < 4.78 is 5.27. The van der Waals surface area contributed by atoms with Gasteiger partial charge in [-0.15, -0.1) is 0 Å². The first-order valence-electron chi connectivity index (χ1n) is 8.49. The van der Waals surface area contributed by atoms with E-state index in [-0.39, 0.29) is 24.0 Å². The van der Waals surface area contributed by atoms with Crippen molar-refractivity contribution in [2.75, 3.05) is 13.6 Å². The number of hydrogen-bond donors (Lipinski definition) is 1. The van der Waals surface area contributed by atoms with Crippen molar-refractivity contribution in [3.63, 3.8) is 0 Å². The molecular formula is C17H30N2O3. The lowest BCUT2D eigenvalue weighted by molar-refractivity contribution is -0.135. The topological polar surface area (TPSA) is 58.6 Å². The van der Waals surface area contributed by atoms with Crippen LogP contribution in [0.25, 0.3) is 0 Å². The number of nitrogens with zero attached hydrogens (tertiary/aromatic N) is 1. The molecule has 5 nitrogen and oxygen atoms in total. The summed E-state index contributed by atoms with van der Waals surface area (Å²) in [5.74, 6) is 0.983. The minimum absolute atomic E-state index is 0.0463. The lowest BCUT2D eigenvalue weighted by Crippen LogP contribution is -2.40. The van der Waals surface area contributed by atoms with Gasteiger partial charge in [0.2, 0.25) is 5.91 Å². The maximum absolute atomic E-state index is 12.5. The van der Waals surface area contributed by atoms with Crippen LogP contribution in [-0.4, -0.2) is 42.1 Å². The summed E-state index contributed by atoms with van der Waals surface area (Å²) in [5, 5.41) is 2.89. The van der Waals surface area contributed by atoms with Crippen LogP contribution in [0.15, 0.2) is 0 Å². The van der Waals surface area contributed by atoms with Gasteiger partial charge in [0.15, 0.2) is 0 Å². The number of nitrogens with one attached hydrogen (secondary N) is 1. The fraction of sp³-hybridized carbons (Fsp3) is 0.882. The van der Waals surface area contributed by atoms with Crippen molar-refractivity contribution in [1.82, 2.24) is 10.2 Å². The van der Waals surface area contributed by atoms with Crippen LogP contribution in [-0.2, 0) is 9.53 Å². The second-order valence-corrected chi connectivity index (χ2v) is 7.87. The minimum Gasteiger partial charge on any atom is -0.444 e. The van der Waals surface area contributed by atoms with Crippen LogP contribution in [0.2, 0.25) is 0 Å². The van der Waals surface area contributed by atoms with Gasteiger partial charge in [-0.05, 0) is 58.8 Å². The molecule has 5 heteroatoms. The molecule has 22 heavy (non-hydrogen) atoms. The predicted octanol–water partition coefficient (Wildman–Crippen LogP) is 2.94. The largest absolute Gasteiger partial charge is 0.444 e. The third-order valence-electron chi connectivity index (χ3n) is 4.64. The van der Waals surface area contributed by atoms with Crippen molar-refractivity contribution in [2.45, 2.75) is 70.9 Å². The molecule has 126 valence electrons. The molecule has 2 amide bonds. The molecule has 0 aromatic rings. The summed E-state index contributed by atoms with van der Waals surface area (Å²) in [7, 11) is 1.91. The molecule has 2 saturated carbocycles. The molecule has 0 spiro atoms. The van der Waals surface area contributed by atoms with E-state index in [0.717, 1.165) is 25.8 Å². The zero-order chi connectivity index (χ0) is 16.3. The van der Waals surface area contributed by atoms with E-state index in [4.69, 9.17) is 4.74 Å². The highest BCUT2D eigenvalue weighted by molar-refractivity contribution is 5.79. The number of amides is 2. The summed E-state index contributed by atoms with van der Waals surface area (Å²) in [5.41, 5.74) is -0.485. The van der Waals surface area contributed by atoms with E-state index in [1.54, 1.807) is 0 Å². The van der Waals surface area contributed by atoms with Gasteiger partial charge in [0.05, 0.1) is 0 Å². The molecule has 0 heterocycles. The van der Waals surface area contributed by atoms with Crippen LogP contribution in [0.4, 0.5) is 4.79 Å². The summed E-state index contributed by atoms with van der Waals surface area (Å²) in [6, 6.07) is 0.0564. The molecule has 2 atom stereocenters. The summed E-state index contributed by atoms with van der Waals surface area (Å²) in [6.45, 7) is 6.44. The van der Waals surface area contributed by atoms with Crippen LogP contribution in [0, 0.1) is 11.8 Å². The highest BCUT2D eigenvalue weighted by atomic mass is 16.6. The number of ether oxygens (including phenoxy) is 1. The fourth-order valence-electron chi connectivity index (χ4n) is 3.28. The Morgan fingerprint density at radius 3 is 2.41 bits per heavy atom. The first-order valence-corrected chi connectivity index (χ1v) is 8.49. The highest BCUT2D eigenvalue weighted by Crippen LogP contribution is 2.30.